The maximum Gasteiger partial charge on any atom is 0.408 e. The average molecular weight is 345 g/mol. The molecular formula is C16H27NO7. The Morgan fingerprint density at radius 2 is 1.62 bits per heavy atom. The molecule has 0 aliphatic carbocycles. The summed E-state index contributed by atoms with van der Waals surface area (Å²) in [6.45, 7) is 8.10. The molecule has 0 bridgehead atoms. The van der Waals surface area contributed by atoms with Gasteiger partial charge in [-0.15, -0.1) is 0 Å². The predicted molar refractivity (Wildman–Crippen MR) is 85.2 cm³/mol. The Morgan fingerprint density at radius 1 is 1.04 bits per heavy atom. The van der Waals surface area contributed by atoms with Crippen LogP contribution in [-0.4, -0.2) is 49.2 Å². The van der Waals surface area contributed by atoms with Crippen molar-refractivity contribution in [1.82, 2.24) is 5.32 Å². The van der Waals surface area contributed by atoms with Crippen molar-refractivity contribution in [3.8, 4) is 0 Å². The lowest BCUT2D eigenvalue weighted by Gasteiger charge is -2.24. The number of hydrogen-bond acceptors (Lipinski definition) is 7. The molecule has 24 heavy (non-hydrogen) atoms. The summed E-state index contributed by atoms with van der Waals surface area (Å²) in [6.07, 6.45) is -0.891. The van der Waals surface area contributed by atoms with Crippen LogP contribution < -0.4 is 5.32 Å². The quantitative estimate of drug-likeness (QED) is 0.526. The van der Waals surface area contributed by atoms with Crippen LogP contribution in [0.1, 0.15) is 47.5 Å². The molecule has 1 amide bonds. The highest BCUT2D eigenvalue weighted by Gasteiger charge is 2.28. The Labute approximate surface area is 142 Å². The number of carbonyl (C=O) groups is 4. The molecule has 138 valence electrons. The van der Waals surface area contributed by atoms with Gasteiger partial charge in [0.2, 0.25) is 0 Å². The lowest BCUT2D eigenvalue weighted by atomic mass is 10.1. The number of methoxy groups -OCH3 is 1. The molecule has 0 aromatic carbocycles. The number of rotatable bonds is 8. The zero-order chi connectivity index (χ0) is 18.9. The Morgan fingerprint density at radius 3 is 2.08 bits per heavy atom. The number of alkyl carbamates (subject to hydrolysis) is 1. The Balaban J connectivity index is 4.47. The molecule has 1 N–H and O–H groups in total. The Kier molecular flexibility index (Phi) is 9.02. The molecule has 8 nitrogen and oxygen atoms in total. The summed E-state index contributed by atoms with van der Waals surface area (Å²) in [6, 6.07) is -0.937. The van der Waals surface area contributed by atoms with Crippen molar-refractivity contribution in [2.75, 3.05) is 13.7 Å². The van der Waals surface area contributed by atoms with Crippen molar-refractivity contribution >= 4 is 23.8 Å². The molecule has 0 saturated heterocycles. The van der Waals surface area contributed by atoms with E-state index < -0.39 is 42.1 Å². The Bertz CT molecular complexity index is 466. The van der Waals surface area contributed by atoms with E-state index in [0.29, 0.717) is 0 Å². The third kappa shape index (κ3) is 9.81. The largest absolute Gasteiger partial charge is 0.469 e. The van der Waals surface area contributed by atoms with Crippen LogP contribution in [-0.2, 0) is 28.6 Å². The number of amides is 1. The summed E-state index contributed by atoms with van der Waals surface area (Å²) in [5, 5.41) is 2.43. The molecule has 0 aliphatic heterocycles. The molecule has 0 fully saturated rings. The van der Waals surface area contributed by atoms with Crippen molar-refractivity contribution in [3.05, 3.63) is 0 Å². The van der Waals surface area contributed by atoms with E-state index in [1.165, 1.54) is 7.11 Å². The molecule has 0 aromatic heterocycles. The van der Waals surface area contributed by atoms with Gasteiger partial charge in [-0.3, -0.25) is 9.59 Å². The third-order valence-corrected chi connectivity index (χ3v) is 2.80. The molecule has 0 aliphatic rings. The van der Waals surface area contributed by atoms with Gasteiger partial charge in [0.05, 0.1) is 13.5 Å². The van der Waals surface area contributed by atoms with Gasteiger partial charge in [0, 0.05) is 6.42 Å². The summed E-state index contributed by atoms with van der Waals surface area (Å²) in [7, 11) is 1.22. The first-order chi connectivity index (χ1) is 11.0. The van der Waals surface area contributed by atoms with Gasteiger partial charge in [-0.1, -0.05) is 13.8 Å². The minimum Gasteiger partial charge on any atom is -0.469 e. The Hall–Kier alpha value is -2.12. The second-order valence-electron chi connectivity index (χ2n) is 6.59. The number of carbonyl (C=O) groups excluding carboxylic acids is 4. The third-order valence-electron chi connectivity index (χ3n) is 2.80. The molecule has 0 heterocycles. The van der Waals surface area contributed by atoms with E-state index in [-0.39, 0.29) is 18.8 Å². The summed E-state index contributed by atoms with van der Waals surface area (Å²) in [4.78, 5) is 46.3. The number of nitrogens with one attached hydrogen (secondary N) is 1. The van der Waals surface area contributed by atoms with Crippen molar-refractivity contribution in [2.45, 2.75) is 59.1 Å². The summed E-state index contributed by atoms with van der Waals surface area (Å²) in [5.74, 6) is -1.91. The van der Waals surface area contributed by atoms with Crippen LogP contribution in [0.2, 0.25) is 0 Å². The zero-order valence-corrected chi connectivity index (χ0v) is 15.1. The van der Waals surface area contributed by atoms with E-state index in [1.54, 1.807) is 34.6 Å². The summed E-state index contributed by atoms with van der Waals surface area (Å²) < 4.78 is 14.4. The van der Waals surface area contributed by atoms with E-state index in [1.807, 2.05) is 0 Å². The number of ether oxygens (including phenoxy) is 3. The smallest absolute Gasteiger partial charge is 0.408 e. The molecule has 0 rings (SSSR count). The van der Waals surface area contributed by atoms with Gasteiger partial charge in [-0.25, -0.2) is 9.59 Å². The van der Waals surface area contributed by atoms with Crippen molar-refractivity contribution in [1.29, 1.82) is 0 Å². The fourth-order valence-electron chi connectivity index (χ4n) is 1.59. The van der Waals surface area contributed by atoms with Crippen molar-refractivity contribution in [3.63, 3.8) is 0 Å². The van der Waals surface area contributed by atoms with Gasteiger partial charge in [0.15, 0.2) is 5.78 Å². The van der Waals surface area contributed by atoms with Gasteiger partial charge in [0.1, 0.15) is 18.2 Å². The van der Waals surface area contributed by atoms with E-state index in [9.17, 15) is 19.2 Å². The van der Waals surface area contributed by atoms with Crippen LogP contribution in [0.15, 0.2) is 0 Å². The number of esters is 2. The molecule has 8 heteroatoms. The van der Waals surface area contributed by atoms with E-state index in [2.05, 4.69) is 10.1 Å². The minimum atomic E-state index is -0.937. The second-order valence-corrected chi connectivity index (χ2v) is 6.59. The number of Topliss-reactive ketones (excluding diaryl/α,β-unsaturated/α-hetero) is 1. The molecule has 1 atom stereocenters. The maximum absolute atomic E-state index is 12.0. The lowest BCUT2D eigenvalue weighted by Crippen LogP contribution is -2.47. The fourth-order valence-corrected chi connectivity index (χ4v) is 1.59. The normalized spacial score (nSPS) is 12.3. The monoisotopic (exact) mass is 345 g/mol. The van der Waals surface area contributed by atoms with Gasteiger partial charge in [-0.2, -0.15) is 0 Å². The standard InChI is InChI=1S/C16H27NO7/c1-10(2)13(17-15(21)24-16(3,4)5)14(20)23-9-11(18)7-8-12(19)22-6/h10,13H,7-9H2,1-6H3,(H,17,21)/t13-/m0/s1. The molecule has 0 unspecified atom stereocenters. The van der Waals surface area contributed by atoms with Crippen LogP contribution in [0.4, 0.5) is 4.79 Å². The topological polar surface area (TPSA) is 108 Å². The van der Waals surface area contributed by atoms with Crippen LogP contribution in [0.5, 0.6) is 0 Å². The summed E-state index contributed by atoms with van der Waals surface area (Å²) in [5.41, 5.74) is -0.695. The first-order valence-corrected chi connectivity index (χ1v) is 7.71. The second kappa shape index (κ2) is 9.89. The molecule has 0 saturated carbocycles. The van der Waals surface area contributed by atoms with Crippen LogP contribution in [0.3, 0.4) is 0 Å². The van der Waals surface area contributed by atoms with Crippen molar-refractivity contribution < 1.29 is 33.4 Å². The molecule has 0 spiro atoms. The number of ketones is 1. The first kappa shape index (κ1) is 21.9. The van der Waals surface area contributed by atoms with Crippen LogP contribution >= 0.6 is 0 Å². The molecule has 0 aromatic rings. The van der Waals surface area contributed by atoms with E-state index in [4.69, 9.17) is 9.47 Å². The number of hydrogen-bond donors (Lipinski definition) is 1. The van der Waals surface area contributed by atoms with Crippen LogP contribution in [0, 0.1) is 5.92 Å². The molecule has 0 radical (unpaired) electrons. The first-order valence-electron chi connectivity index (χ1n) is 7.71. The van der Waals surface area contributed by atoms with Gasteiger partial charge >= 0.3 is 18.0 Å². The van der Waals surface area contributed by atoms with Crippen LogP contribution in [0.25, 0.3) is 0 Å². The SMILES string of the molecule is COC(=O)CCC(=O)COC(=O)[C@@H](NC(=O)OC(C)(C)C)C(C)C. The fraction of sp³-hybridized carbons (Fsp3) is 0.750. The highest BCUT2D eigenvalue weighted by atomic mass is 16.6. The highest BCUT2D eigenvalue weighted by Crippen LogP contribution is 2.10. The van der Waals surface area contributed by atoms with E-state index in [0.717, 1.165) is 0 Å². The highest BCUT2D eigenvalue weighted by molar-refractivity contribution is 5.87. The zero-order valence-electron chi connectivity index (χ0n) is 15.1. The van der Waals surface area contributed by atoms with Gasteiger partial charge in [0.25, 0.3) is 0 Å². The predicted octanol–water partition coefficient (Wildman–Crippen LogP) is 1.60. The molecular weight excluding hydrogens is 318 g/mol. The average Bonchev–Trinajstić information content (AvgIpc) is 2.45. The van der Waals surface area contributed by atoms with Gasteiger partial charge < -0.3 is 19.5 Å². The van der Waals surface area contributed by atoms with Gasteiger partial charge in [-0.05, 0) is 26.7 Å². The minimum absolute atomic E-state index is 0.0728. The lowest BCUT2D eigenvalue weighted by molar-refractivity contribution is -0.151. The van der Waals surface area contributed by atoms with E-state index >= 15 is 0 Å². The van der Waals surface area contributed by atoms with Crippen molar-refractivity contribution in [2.24, 2.45) is 5.92 Å². The summed E-state index contributed by atoms with van der Waals surface area (Å²) >= 11 is 0. The maximum atomic E-state index is 12.0.